The summed E-state index contributed by atoms with van der Waals surface area (Å²) in [5, 5.41) is 9.69. The summed E-state index contributed by atoms with van der Waals surface area (Å²) in [6, 6.07) is 8.46. The van der Waals surface area contributed by atoms with E-state index in [0.29, 0.717) is 16.8 Å². The molecule has 7 heteroatoms. The molecule has 0 bridgehead atoms. The standard InChI is InChI=1S/C17H16ClN3O3/c18-13-5-1-11(2-6-13)9-21(10-15(22)23)17(24)14-7-8-19-16(20-14)12-3-4-12/h1-2,5-8,12H,3-4,9-10H2,(H,22,23). The molecule has 3 rings (SSSR count). The van der Waals surface area contributed by atoms with E-state index in [1.807, 2.05) is 0 Å². The Balaban J connectivity index is 1.81. The maximum atomic E-state index is 12.7. The van der Waals surface area contributed by atoms with Crippen molar-refractivity contribution < 1.29 is 14.7 Å². The van der Waals surface area contributed by atoms with Gasteiger partial charge in [-0.25, -0.2) is 9.97 Å². The van der Waals surface area contributed by atoms with Crippen molar-refractivity contribution in [2.75, 3.05) is 6.54 Å². The Morgan fingerprint density at radius 2 is 1.92 bits per heavy atom. The van der Waals surface area contributed by atoms with E-state index in [4.69, 9.17) is 16.7 Å². The molecule has 1 aliphatic rings. The van der Waals surface area contributed by atoms with Crippen LogP contribution >= 0.6 is 11.6 Å². The maximum Gasteiger partial charge on any atom is 0.323 e. The van der Waals surface area contributed by atoms with E-state index in [-0.39, 0.29) is 12.2 Å². The van der Waals surface area contributed by atoms with E-state index < -0.39 is 18.4 Å². The van der Waals surface area contributed by atoms with Gasteiger partial charge in [0.15, 0.2) is 0 Å². The minimum absolute atomic E-state index is 0.172. The summed E-state index contributed by atoms with van der Waals surface area (Å²) < 4.78 is 0. The zero-order chi connectivity index (χ0) is 17.1. The second-order valence-corrected chi connectivity index (χ2v) is 6.19. The van der Waals surface area contributed by atoms with Crippen molar-refractivity contribution in [2.45, 2.75) is 25.3 Å². The van der Waals surface area contributed by atoms with E-state index in [1.165, 1.54) is 11.0 Å². The molecule has 0 spiro atoms. The van der Waals surface area contributed by atoms with Crippen LogP contribution in [0.25, 0.3) is 0 Å². The van der Waals surface area contributed by atoms with Crippen LogP contribution < -0.4 is 0 Å². The second kappa shape index (κ2) is 6.97. The number of aliphatic carboxylic acids is 1. The summed E-state index contributed by atoms with van der Waals surface area (Å²) in [5.41, 5.74) is 1.02. The Labute approximate surface area is 144 Å². The predicted octanol–water partition coefficient (Wildman–Crippen LogP) is 2.73. The van der Waals surface area contributed by atoms with E-state index in [0.717, 1.165) is 18.4 Å². The fraction of sp³-hybridized carbons (Fsp3) is 0.294. The third-order valence-corrected chi connectivity index (χ3v) is 3.99. The van der Waals surface area contributed by atoms with Crippen molar-refractivity contribution in [1.82, 2.24) is 14.9 Å². The Bertz CT molecular complexity index is 760. The summed E-state index contributed by atoms with van der Waals surface area (Å²) >= 11 is 5.85. The molecule has 6 nitrogen and oxygen atoms in total. The molecule has 1 aromatic heterocycles. The molecule has 1 amide bonds. The molecule has 1 N–H and O–H groups in total. The number of carboxylic acids is 1. The normalized spacial score (nSPS) is 13.5. The molecule has 0 radical (unpaired) electrons. The van der Waals surface area contributed by atoms with Crippen LogP contribution in [0.5, 0.6) is 0 Å². The molecule has 1 saturated carbocycles. The van der Waals surface area contributed by atoms with Crippen molar-refractivity contribution in [3.63, 3.8) is 0 Å². The first-order chi connectivity index (χ1) is 11.5. The highest BCUT2D eigenvalue weighted by Gasteiger charge is 2.28. The number of rotatable bonds is 6. The topological polar surface area (TPSA) is 83.4 Å². The maximum absolute atomic E-state index is 12.7. The van der Waals surface area contributed by atoms with Crippen LogP contribution in [0.1, 0.15) is 40.6 Å². The SMILES string of the molecule is O=C(O)CN(Cc1ccc(Cl)cc1)C(=O)c1ccnc(C2CC2)n1. The third-order valence-electron chi connectivity index (χ3n) is 3.74. The van der Waals surface area contributed by atoms with Gasteiger partial charge >= 0.3 is 5.97 Å². The van der Waals surface area contributed by atoms with E-state index >= 15 is 0 Å². The van der Waals surface area contributed by atoms with Crippen molar-refractivity contribution in [3.8, 4) is 0 Å². The van der Waals surface area contributed by atoms with Crippen molar-refractivity contribution in [1.29, 1.82) is 0 Å². The van der Waals surface area contributed by atoms with Gasteiger partial charge in [-0.3, -0.25) is 9.59 Å². The highest BCUT2D eigenvalue weighted by Crippen LogP contribution is 2.37. The molecule has 2 aromatic rings. The number of carbonyl (C=O) groups excluding carboxylic acids is 1. The molecular weight excluding hydrogens is 330 g/mol. The lowest BCUT2D eigenvalue weighted by Crippen LogP contribution is -2.35. The molecule has 1 aliphatic carbocycles. The number of nitrogens with zero attached hydrogens (tertiary/aromatic N) is 3. The first kappa shape index (κ1) is 16.4. The number of carbonyl (C=O) groups is 2. The average molecular weight is 346 g/mol. The van der Waals surface area contributed by atoms with E-state index in [2.05, 4.69) is 9.97 Å². The minimum Gasteiger partial charge on any atom is -0.480 e. The first-order valence-electron chi connectivity index (χ1n) is 7.61. The summed E-state index contributed by atoms with van der Waals surface area (Å²) in [5.74, 6) is -0.519. The van der Waals surface area contributed by atoms with Gasteiger partial charge in [-0.15, -0.1) is 0 Å². The number of carboxylic acid groups (broad SMARTS) is 1. The highest BCUT2D eigenvalue weighted by molar-refractivity contribution is 6.30. The number of amides is 1. The van der Waals surface area contributed by atoms with Gasteiger partial charge in [-0.1, -0.05) is 23.7 Å². The quantitative estimate of drug-likeness (QED) is 0.870. The molecule has 0 aliphatic heterocycles. The van der Waals surface area contributed by atoms with Crippen LogP contribution in [0.2, 0.25) is 5.02 Å². The van der Waals surface area contributed by atoms with Gasteiger partial charge in [-0.2, -0.15) is 0 Å². The van der Waals surface area contributed by atoms with Crippen molar-refractivity contribution in [3.05, 3.63) is 58.6 Å². The monoisotopic (exact) mass is 345 g/mol. The Kier molecular flexibility index (Phi) is 4.76. The van der Waals surface area contributed by atoms with E-state index in [1.54, 1.807) is 30.5 Å². The second-order valence-electron chi connectivity index (χ2n) is 5.76. The van der Waals surface area contributed by atoms with Crippen LogP contribution in [0, 0.1) is 0 Å². The fourth-order valence-electron chi connectivity index (χ4n) is 2.37. The molecule has 1 fully saturated rings. The highest BCUT2D eigenvalue weighted by atomic mass is 35.5. The molecule has 124 valence electrons. The van der Waals surface area contributed by atoms with Crippen LogP contribution in [0.3, 0.4) is 0 Å². The smallest absolute Gasteiger partial charge is 0.323 e. The van der Waals surface area contributed by atoms with E-state index in [9.17, 15) is 9.59 Å². The molecule has 1 aromatic carbocycles. The molecular formula is C17H16ClN3O3. The summed E-state index contributed by atoms with van der Waals surface area (Å²) in [4.78, 5) is 33.6. The summed E-state index contributed by atoms with van der Waals surface area (Å²) in [7, 11) is 0. The van der Waals surface area contributed by atoms with Crippen molar-refractivity contribution in [2.24, 2.45) is 0 Å². The Morgan fingerprint density at radius 3 is 2.54 bits per heavy atom. The molecule has 1 heterocycles. The van der Waals surface area contributed by atoms with Crippen molar-refractivity contribution >= 4 is 23.5 Å². The molecule has 0 atom stereocenters. The number of benzene rings is 1. The summed E-state index contributed by atoms with van der Waals surface area (Å²) in [6.45, 7) is -0.227. The lowest BCUT2D eigenvalue weighted by atomic mass is 10.2. The zero-order valence-electron chi connectivity index (χ0n) is 12.9. The predicted molar refractivity (Wildman–Crippen MR) is 87.8 cm³/mol. The van der Waals surface area contributed by atoms with Gasteiger partial charge in [0.2, 0.25) is 0 Å². The van der Waals surface area contributed by atoms with Gasteiger partial charge in [0.1, 0.15) is 18.1 Å². The van der Waals surface area contributed by atoms with Gasteiger partial charge in [-0.05, 0) is 36.6 Å². The first-order valence-corrected chi connectivity index (χ1v) is 7.99. The Hall–Kier alpha value is -2.47. The Morgan fingerprint density at radius 1 is 1.21 bits per heavy atom. The van der Waals surface area contributed by atoms with Gasteiger partial charge in [0, 0.05) is 23.7 Å². The molecule has 0 saturated heterocycles. The largest absolute Gasteiger partial charge is 0.480 e. The molecule has 24 heavy (non-hydrogen) atoms. The average Bonchev–Trinajstić information content (AvgIpc) is 3.40. The lowest BCUT2D eigenvalue weighted by molar-refractivity contribution is -0.137. The zero-order valence-corrected chi connectivity index (χ0v) is 13.6. The summed E-state index contributed by atoms with van der Waals surface area (Å²) in [6.07, 6.45) is 3.61. The third kappa shape index (κ3) is 4.08. The molecule has 0 unspecified atom stereocenters. The van der Waals surface area contributed by atoms with Crippen LogP contribution in [-0.2, 0) is 11.3 Å². The number of aromatic nitrogens is 2. The van der Waals surface area contributed by atoms with Crippen LogP contribution in [0.4, 0.5) is 0 Å². The minimum atomic E-state index is -1.08. The lowest BCUT2D eigenvalue weighted by Gasteiger charge is -2.20. The van der Waals surface area contributed by atoms with Gasteiger partial charge in [0.05, 0.1) is 0 Å². The van der Waals surface area contributed by atoms with Gasteiger partial charge in [0.25, 0.3) is 5.91 Å². The van der Waals surface area contributed by atoms with Crippen LogP contribution in [0.15, 0.2) is 36.5 Å². The van der Waals surface area contributed by atoms with Crippen LogP contribution in [-0.4, -0.2) is 38.4 Å². The number of hydrogen-bond donors (Lipinski definition) is 1. The number of hydrogen-bond acceptors (Lipinski definition) is 4. The fourth-order valence-corrected chi connectivity index (χ4v) is 2.49. The number of halogens is 1. The van der Waals surface area contributed by atoms with Gasteiger partial charge < -0.3 is 10.0 Å².